The van der Waals surface area contributed by atoms with Gasteiger partial charge in [-0.25, -0.2) is 0 Å². The molecule has 2 atom stereocenters. The van der Waals surface area contributed by atoms with Crippen LogP contribution in [0.25, 0.3) is 0 Å². The topological polar surface area (TPSA) is 56.6 Å². The third kappa shape index (κ3) is 2.77. The molecule has 1 aromatic carbocycles. The van der Waals surface area contributed by atoms with Gasteiger partial charge in [-0.2, -0.15) is 5.26 Å². The molecule has 2 aliphatic rings. The smallest absolute Gasteiger partial charge is 0.219 e. The first-order valence-corrected chi connectivity index (χ1v) is 7.81. The number of hydrogen-bond acceptors (Lipinski definition) is 4. The first-order chi connectivity index (χ1) is 10.6. The van der Waals surface area contributed by atoms with Gasteiger partial charge in [0.05, 0.1) is 30.0 Å². The highest BCUT2D eigenvalue weighted by atomic mass is 35.5. The molecule has 2 aliphatic heterocycles. The molecule has 1 amide bonds. The van der Waals surface area contributed by atoms with Gasteiger partial charge in [-0.05, 0) is 24.6 Å². The molecule has 2 fully saturated rings. The van der Waals surface area contributed by atoms with E-state index in [1.807, 2.05) is 11.0 Å². The number of amides is 1. The Bertz CT molecular complexity index is 628. The van der Waals surface area contributed by atoms with Gasteiger partial charge in [0.15, 0.2) is 0 Å². The van der Waals surface area contributed by atoms with E-state index in [0.717, 1.165) is 18.7 Å². The molecule has 0 radical (unpaired) electrons. The molecule has 3 rings (SSSR count). The zero-order valence-corrected chi connectivity index (χ0v) is 13.2. The zero-order chi connectivity index (χ0) is 15.7. The number of ether oxygens (including phenoxy) is 1. The summed E-state index contributed by atoms with van der Waals surface area (Å²) in [4.78, 5) is 15.9. The molecule has 22 heavy (non-hydrogen) atoms. The fraction of sp³-hybridized carbons (Fsp3) is 0.500. The van der Waals surface area contributed by atoms with Crippen LogP contribution >= 0.6 is 11.6 Å². The van der Waals surface area contributed by atoms with Gasteiger partial charge >= 0.3 is 0 Å². The molecule has 0 aliphatic carbocycles. The van der Waals surface area contributed by atoms with E-state index in [-0.39, 0.29) is 18.1 Å². The summed E-state index contributed by atoms with van der Waals surface area (Å²) < 4.78 is 5.82. The molecule has 0 bridgehead atoms. The van der Waals surface area contributed by atoms with Crippen LogP contribution in [0.3, 0.4) is 0 Å². The fourth-order valence-corrected chi connectivity index (χ4v) is 3.51. The van der Waals surface area contributed by atoms with Crippen molar-refractivity contribution in [2.24, 2.45) is 0 Å². The van der Waals surface area contributed by atoms with Crippen LogP contribution in [0.5, 0.6) is 0 Å². The molecule has 116 valence electrons. The summed E-state index contributed by atoms with van der Waals surface area (Å²) in [6, 6.07) is 7.53. The standard InChI is InChI=1S/C16H18ClN3O2/c1-11(21)20-6-7-22-16-4-5-19(10-15(16)20)14-8-13(17)3-2-12(14)9-18/h2-3,8,15-16H,4-7,10H2,1H3. The van der Waals surface area contributed by atoms with Crippen LogP contribution in [0.1, 0.15) is 18.9 Å². The van der Waals surface area contributed by atoms with Crippen LogP contribution in [0.15, 0.2) is 18.2 Å². The Morgan fingerprint density at radius 2 is 2.27 bits per heavy atom. The van der Waals surface area contributed by atoms with Crippen molar-refractivity contribution in [3.63, 3.8) is 0 Å². The molecule has 6 heteroatoms. The van der Waals surface area contributed by atoms with Crippen molar-refractivity contribution in [2.75, 3.05) is 31.1 Å². The number of carbonyl (C=O) groups is 1. The van der Waals surface area contributed by atoms with Gasteiger partial charge in [0.25, 0.3) is 0 Å². The van der Waals surface area contributed by atoms with Crippen molar-refractivity contribution in [2.45, 2.75) is 25.5 Å². The number of carbonyl (C=O) groups excluding carboxylic acids is 1. The molecule has 2 heterocycles. The van der Waals surface area contributed by atoms with E-state index < -0.39 is 0 Å². The summed E-state index contributed by atoms with van der Waals surface area (Å²) in [5.41, 5.74) is 1.44. The lowest BCUT2D eigenvalue weighted by Gasteiger charge is -2.47. The van der Waals surface area contributed by atoms with Gasteiger partial charge in [-0.3, -0.25) is 4.79 Å². The van der Waals surface area contributed by atoms with Crippen molar-refractivity contribution in [1.29, 1.82) is 5.26 Å². The molecule has 5 nitrogen and oxygen atoms in total. The molecular weight excluding hydrogens is 302 g/mol. The number of rotatable bonds is 1. The van der Waals surface area contributed by atoms with Gasteiger partial charge in [0, 0.05) is 31.6 Å². The van der Waals surface area contributed by atoms with Gasteiger partial charge < -0.3 is 14.5 Å². The molecule has 1 aromatic rings. The molecule has 0 saturated carbocycles. The Morgan fingerprint density at radius 3 is 3.00 bits per heavy atom. The normalized spacial score (nSPS) is 24.6. The van der Waals surface area contributed by atoms with Crippen LogP contribution < -0.4 is 4.90 Å². The number of morpholine rings is 1. The number of nitriles is 1. The Kier molecular flexibility index (Phi) is 4.23. The first-order valence-electron chi connectivity index (χ1n) is 7.43. The quantitative estimate of drug-likeness (QED) is 0.795. The van der Waals surface area contributed by atoms with Crippen molar-refractivity contribution in [1.82, 2.24) is 4.90 Å². The summed E-state index contributed by atoms with van der Waals surface area (Å²) in [6.07, 6.45) is 0.921. The Hall–Kier alpha value is -1.77. The number of benzene rings is 1. The predicted octanol–water partition coefficient (Wildman–Crippen LogP) is 2.04. The second-order valence-electron chi connectivity index (χ2n) is 5.70. The van der Waals surface area contributed by atoms with Crippen molar-refractivity contribution >= 4 is 23.2 Å². The fourth-order valence-electron chi connectivity index (χ4n) is 3.34. The second-order valence-corrected chi connectivity index (χ2v) is 6.13. The number of piperidine rings is 1. The molecule has 0 N–H and O–H groups in total. The average molecular weight is 320 g/mol. The molecule has 2 saturated heterocycles. The number of halogens is 1. The van der Waals surface area contributed by atoms with E-state index in [9.17, 15) is 10.1 Å². The van der Waals surface area contributed by atoms with Crippen LogP contribution in [0.2, 0.25) is 5.02 Å². The zero-order valence-electron chi connectivity index (χ0n) is 12.5. The Labute approximate surface area is 135 Å². The molecular formula is C16H18ClN3O2. The highest BCUT2D eigenvalue weighted by Gasteiger charge is 2.38. The van der Waals surface area contributed by atoms with E-state index in [1.54, 1.807) is 19.1 Å². The second kappa shape index (κ2) is 6.15. The van der Waals surface area contributed by atoms with E-state index >= 15 is 0 Å². The van der Waals surface area contributed by atoms with Gasteiger partial charge in [0.2, 0.25) is 5.91 Å². The summed E-state index contributed by atoms with van der Waals surface area (Å²) in [7, 11) is 0. The molecule has 0 spiro atoms. The van der Waals surface area contributed by atoms with Crippen LogP contribution in [0.4, 0.5) is 5.69 Å². The maximum Gasteiger partial charge on any atom is 0.219 e. The van der Waals surface area contributed by atoms with Crippen LogP contribution in [-0.2, 0) is 9.53 Å². The summed E-state index contributed by atoms with van der Waals surface area (Å²) >= 11 is 6.08. The minimum atomic E-state index is 0.0329. The number of anilines is 1. The van der Waals surface area contributed by atoms with E-state index in [0.29, 0.717) is 30.3 Å². The van der Waals surface area contributed by atoms with Crippen LogP contribution in [0, 0.1) is 11.3 Å². The molecule has 2 unspecified atom stereocenters. The summed E-state index contributed by atoms with van der Waals surface area (Å²) in [5, 5.41) is 9.91. The monoisotopic (exact) mass is 319 g/mol. The Morgan fingerprint density at radius 1 is 1.45 bits per heavy atom. The summed E-state index contributed by atoms with van der Waals surface area (Å²) in [5.74, 6) is 0.0757. The van der Waals surface area contributed by atoms with Crippen molar-refractivity contribution in [3.8, 4) is 6.07 Å². The highest BCUT2D eigenvalue weighted by molar-refractivity contribution is 6.30. The minimum Gasteiger partial charge on any atom is -0.374 e. The largest absolute Gasteiger partial charge is 0.374 e. The lowest BCUT2D eigenvalue weighted by atomic mass is 9.97. The summed E-state index contributed by atoms with van der Waals surface area (Å²) in [6.45, 7) is 4.29. The number of hydrogen-bond donors (Lipinski definition) is 0. The maximum atomic E-state index is 11.9. The van der Waals surface area contributed by atoms with Gasteiger partial charge in [0.1, 0.15) is 6.07 Å². The predicted molar refractivity (Wildman–Crippen MR) is 83.9 cm³/mol. The van der Waals surface area contributed by atoms with Gasteiger partial charge in [-0.15, -0.1) is 0 Å². The maximum absolute atomic E-state index is 11.9. The number of nitrogens with zero attached hydrogens (tertiary/aromatic N) is 3. The van der Waals surface area contributed by atoms with Crippen molar-refractivity contribution in [3.05, 3.63) is 28.8 Å². The SMILES string of the molecule is CC(=O)N1CCOC2CCN(c3cc(Cl)ccc3C#N)CC21. The third-order valence-electron chi connectivity index (χ3n) is 4.41. The Balaban J connectivity index is 1.87. The van der Waals surface area contributed by atoms with E-state index in [2.05, 4.69) is 11.0 Å². The van der Waals surface area contributed by atoms with Gasteiger partial charge in [-0.1, -0.05) is 11.6 Å². The van der Waals surface area contributed by atoms with Crippen LogP contribution in [-0.4, -0.2) is 49.2 Å². The lowest BCUT2D eigenvalue weighted by Crippen LogP contribution is -2.61. The first kappa shape index (κ1) is 15.1. The molecule has 0 aromatic heterocycles. The van der Waals surface area contributed by atoms with E-state index in [4.69, 9.17) is 16.3 Å². The van der Waals surface area contributed by atoms with Crippen molar-refractivity contribution < 1.29 is 9.53 Å². The average Bonchev–Trinajstić information content (AvgIpc) is 2.53. The number of fused-ring (bicyclic) bond motifs is 1. The van der Waals surface area contributed by atoms with E-state index in [1.165, 1.54) is 0 Å². The lowest BCUT2D eigenvalue weighted by molar-refractivity contribution is -0.145. The minimum absolute atomic E-state index is 0.0329. The highest BCUT2D eigenvalue weighted by Crippen LogP contribution is 2.30. The third-order valence-corrected chi connectivity index (χ3v) is 4.65.